The van der Waals surface area contributed by atoms with E-state index in [0.717, 1.165) is 0 Å². The van der Waals surface area contributed by atoms with E-state index in [4.69, 9.17) is 34.2 Å². The second kappa shape index (κ2) is 16.7. The average Bonchev–Trinajstić information content (AvgIpc) is 2.85. The van der Waals surface area contributed by atoms with Crippen LogP contribution < -0.4 is 15.2 Å². The Bertz CT molecular complexity index is 993. The summed E-state index contributed by atoms with van der Waals surface area (Å²) in [5, 5.41) is 0. The molecular formula is C29H45NO10. The molecule has 40 heavy (non-hydrogen) atoms. The fourth-order valence-electron chi connectivity index (χ4n) is 2.92. The second-order valence-electron chi connectivity index (χ2n) is 10.5. The van der Waals surface area contributed by atoms with Crippen LogP contribution in [0.5, 0.6) is 11.5 Å². The summed E-state index contributed by atoms with van der Waals surface area (Å²) in [6.45, 7) is 16.1. The van der Waals surface area contributed by atoms with E-state index in [1.807, 2.05) is 34.6 Å². The molecule has 0 fully saturated rings. The molecule has 5 atom stereocenters. The largest absolute Gasteiger partial charge is 0.514 e. The number of nitrogens with two attached hydrogens (primary N) is 1. The highest BCUT2D eigenvalue weighted by atomic mass is 16.8. The Labute approximate surface area is 236 Å². The lowest BCUT2D eigenvalue weighted by Crippen LogP contribution is -2.39. The van der Waals surface area contributed by atoms with Crippen molar-refractivity contribution >= 4 is 24.2 Å². The highest BCUT2D eigenvalue weighted by Gasteiger charge is 2.26. The molecule has 0 bridgehead atoms. The zero-order chi connectivity index (χ0) is 30.6. The SMILES string of the molecule is CCCC(=O)OC(C)C(C)OC(=O)[C@@H](N)Cc1ccc(OC(=O)O[C@@H](C)C(C)C)c(OC(=O)OC(C)C(C)C)c1. The van der Waals surface area contributed by atoms with Crippen molar-refractivity contribution in [3.05, 3.63) is 23.8 Å². The summed E-state index contributed by atoms with van der Waals surface area (Å²) in [7, 11) is 0. The number of carbonyl (C=O) groups is 4. The van der Waals surface area contributed by atoms with Gasteiger partial charge in [-0.05, 0) is 70.1 Å². The highest BCUT2D eigenvalue weighted by molar-refractivity contribution is 5.76. The van der Waals surface area contributed by atoms with E-state index in [-0.39, 0.29) is 42.1 Å². The Kier molecular flexibility index (Phi) is 14.5. The number of carbonyl (C=O) groups excluding carboxylic acids is 4. The van der Waals surface area contributed by atoms with E-state index >= 15 is 0 Å². The maximum Gasteiger partial charge on any atom is 0.514 e. The zero-order valence-corrected chi connectivity index (χ0v) is 25.1. The number of hydrogen-bond acceptors (Lipinski definition) is 11. The monoisotopic (exact) mass is 567 g/mol. The molecule has 0 aliphatic rings. The summed E-state index contributed by atoms with van der Waals surface area (Å²) in [5.74, 6) is -1.16. The van der Waals surface area contributed by atoms with Gasteiger partial charge in [0.15, 0.2) is 11.5 Å². The van der Waals surface area contributed by atoms with E-state index in [0.29, 0.717) is 12.0 Å². The fraction of sp³-hybridized carbons (Fsp3) is 0.655. The topological polar surface area (TPSA) is 150 Å². The normalized spacial score (nSPS) is 14.9. The third kappa shape index (κ3) is 12.2. The summed E-state index contributed by atoms with van der Waals surface area (Å²) < 4.78 is 31.8. The quantitative estimate of drug-likeness (QED) is 0.176. The van der Waals surface area contributed by atoms with Crippen molar-refractivity contribution in [2.24, 2.45) is 17.6 Å². The van der Waals surface area contributed by atoms with E-state index in [1.165, 1.54) is 12.1 Å². The molecule has 11 heteroatoms. The summed E-state index contributed by atoms with van der Waals surface area (Å²) >= 11 is 0. The van der Waals surface area contributed by atoms with Gasteiger partial charge < -0.3 is 34.2 Å². The van der Waals surface area contributed by atoms with E-state index < -0.39 is 48.7 Å². The van der Waals surface area contributed by atoms with Crippen molar-refractivity contribution in [1.82, 2.24) is 0 Å². The third-order valence-electron chi connectivity index (χ3n) is 6.33. The average molecular weight is 568 g/mol. The van der Waals surface area contributed by atoms with Gasteiger partial charge in [0.2, 0.25) is 0 Å². The van der Waals surface area contributed by atoms with Crippen LogP contribution in [0.2, 0.25) is 0 Å². The number of benzene rings is 1. The minimum Gasteiger partial charge on any atom is -0.459 e. The molecule has 0 heterocycles. The predicted molar refractivity (Wildman–Crippen MR) is 147 cm³/mol. The lowest BCUT2D eigenvalue weighted by atomic mass is 10.1. The van der Waals surface area contributed by atoms with Gasteiger partial charge in [0.1, 0.15) is 30.5 Å². The molecule has 0 aliphatic heterocycles. The van der Waals surface area contributed by atoms with Crippen LogP contribution >= 0.6 is 0 Å². The number of esters is 2. The van der Waals surface area contributed by atoms with E-state index in [9.17, 15) is 19.2 Å². The third-order valence-corrected chi connectivity index (χ3v) is 6.33. The van der Waals surface area contributed by atoms with Crippen LogP contribution in [0, 0.1) is 11.8 Å². The van der Waals surface area contributed by atoms with Crippen molar-refractivity contribution in [1.29, 1.82) is 0 Å². The fourth-order valence-corrected chi connectivity index (χ4v) is 2.92. The molecule has 1 aromatic carbocycles. The molecule has 0 saturated heterocycles. The van der Waals surface area contributed by atoms with Crippen molar-refractivity contribution in [2.45, 2.75) is 112 Å². The highest BCUT2D eigenvalue weighted by Crippen LogP contribution is 2.30. The maximum absolute atomic E-state index is 12.6. The Hall–Kier alpha value is -3.34. The Morgan fingerprint density at radius 2 is 1.20 bits per heavy atom. The number of hydrogen-bond donors (Lipinski definition) is 1. The Morgan fingerprint density at radius 3 is 1.70 bits per heavy atom. The molecule has 11 nitrogen and oxygen atoms in total. The van der Waals surface area contributed by atoms with Crippen molar-refractivity contribution in [3.8, 4) is 11.5 Å². The summed E-state index contributed by atoms with van der Waals surface area (Å²) in [5.41, 5.74) is 6.57. The minimum absolute atomic E-state index is 0.0124. The standard InChI is InChI=1S/C29H45NO10/c1-10-11-26(31)35-20(8)21(9)36-27(32)23(30)14-22-12-13-24(39-28(33)37-18(6)16(2)3)25(15-22)40-29(34)38-19(7)17(4)5/h12-13,15-21,23H,10-11,14,30H2,1-9H3/t18-,19?,20?,21?,23-/m0/s1. The molecule has 1 aromatic rings. The van der Waals surface area contributed by atoms with Crippen LogP contribution in [0.4, 0.5) is 9.59 Å². The smallest absolute Gasteiger partial charge is 0.459 e. The zero-order valence-electron chi connectivity index (χ0n) is 25.1. The number of rotatable bonds is 14. The summed E-state index contributed by atoms with van der Waals surface area (Å²) in [6, 6.07) is 3.31. The van der Waals surface area contributed by atoms with Crippen LogP contribution in [0.15, 0.2) is 18.2 Å². The molecule has 1 rings (SSSR count). The lowest BCUT2D eigenvalue weighted by Gasteiger charge is -2.22. The van der Waals surface area contributed by atoms with Gasteiger partial charge in [0.05, 0.1) is 0 Å². The molecular weight excluding hydrogens is 522 g/mol. The first kappa shape index (κ1) is 34.7. The molecule has 0 aromatic heterocycles. The van der Waals surface area contributed by atoms with Gasteiger partial charge in [-0.2, -0.15) is 0 Å². The predicted octanol–water partition coefficient (Wildman–Crippen LogP) is 5.34. The van der Waals surface area contributed by atoms with Crippen molar-refractivity contribution in [2.75, 3.05) is 0 Å². The molecule has 0 amide bonds. The summed E-state index contributed by atoms with van der Waals surface area (Å²) in [6.07, 6.45) is -3.22. The molecule has 0 saturated carbocycles. The van der Waals surface area contributed by atoms with E-state index in [1.54, 1.807) is 33.8 Å². The van der Waals surface area contributed by atoms with Crippen molar-refractivity contribution in [3.63, 3.8) is 0 Å². The first-order valence-corrected chi connectivity index (χ1v) is 13.7. The molecule has 226 valence electrons. The minimum atomic E-state index is -1.08. The van der Waals surface area contributed by atoms with Gasteiger partial charge in [-0.3, -0.25) is 9.59 Å². The van der Waals surface area contributed by atoms with Gasteiger partial charge in [-0.1, -0.05) is 40.7 Å². The maximum atomic E-state index is 12.6. The molecule has 3 unspecified atom stereocenters. The molecule has 0 spiro atoms. The van der Waals surface area contributed by atoms with Gasteiger partial charge in [-0.25, -0.2) is 9.59 Å². The van der Waals surface area contributed by atoms with Crippen LogP contribution in [0.1, 0.15) is 80.7 Å². The van der Waals surface area contributed by atoms with Gasteiger partial charge >= 0.3 is 24.2 Å². The van der Waals surface area contributed by atoms with Crippen LogP contribution in [-0.4, -0.2) is 54.7 Å². The molecule has 0 aliphatic carbocycles. The second-order valence-corrected chi connectivity index (χ2v) is 10.5. The summed E-state index contributed by atoms with van der Waals surface area (Å²) in [4.78, 5) is 49.1. The first-order valence-electron chi connectivity index (χ1n) is 13.7. The van der Waals surface area contributed by atoms with Crippen molar-refractivity contribution < 1.29 is 47.6 Å². The van der Waals surface area contributed by atoms with E-state index in [2.05, 4.69) is 0 Å². The van der Waals surface area contributed by atoms with Gasteiger partial charge in [-0.15, -0.1) is 0 Å². The van der Waals surface area contributed by atoms with Crippen LogP contribution in [0.25, 0.3) is 0 Å². The van der Waals surface area contributed by atoms with Gasteiger partial charge in [0.25, 0.3) is 0 Å². The van der Waals surface area contributed by atoms with Crippen LogP contribution in [0.3, 0.4) is 0 Å². The Balaban J connectivity index is 3.01. The lowest BCUT2D eigenvalue weighted by molar-refractivity contribution is -0.166. The van der Waals surface area contributed by atoms with Crippen LogP contribution in [-0.2, 0) is 35.0 Å². The molecule has 2 N–H and O–H groups in total. The number of ether oxygens (including phenoxy) is 6. The first-order chi connectivity index (χ1) is 18.6. The van der Waals surface area contributed by atoms with Gasteiger partial charge in [0, 0.05) is 6.42 Å². The molecule has 0 radical (unpaired) electrons. The Morgan fingerprint density at radius 1 is 0.700 bits per heavy atom.